The number of rotatable bonds is 6. The van der Waals surface area contributed by atoms with Gasteiger partial charge in [0.15, 0.2) is 0 Å². The molecule has 0 bridgehead atoms. The van der Waals surface area contributed by atoms with Crippen LogP contribution in [0.1, 0.15) is 25.3 Å². The van der Waals surface area contributed by atoms with Crippen molar-refractivity contribution < 1.29 is 23.8 Å². The molecule has 1 aromatic carbocycles. The number of morpholine rings is 1. The smallest absolute Gasteiger partial charge is 0.227 e. The Kier molecular flexibility index (Phi) is 6.06. The van der Waals surface area contributed by atoms with Crippen LogP contribution in [-0.2, 0) is 25.5 Å². The average Bonchev–Trinajstić information content (AvgIpc) is 3.13. The molecule has 1 atom stereocenters. The molecule has 1 spiro atoms. The second-order valence-corrected chi connectivity index (χ2v) is 8.26. The summed E-state index contributed by atoms with van der Waals surface area (Å²) in [6.07, 6.45) is 1.78. The third kappa shape index (κ3) is 4.73. The summed E-state index contributed by atoms with van der Waals surface area (Å²) in [5, 5.41) is 0. The molecule has 4 rings (SSSR count). The molecule has 29 heavy (non-hydrogen) atoms. The van der Waals surface area contributed by atoms with Crippen molar-refractivity contribution in [2.45, 2.75) is 31.8 Å². The SMILES string of the molecule is CCOc1ccc(CC(=O)N2CC3(C[C@H](CC(=O)N4CCOCC4)CO3)C2)cc1. The van der Waals surface area contributed by atoms with E-state index in [4.69, 9.17) is 14.2 Å². The van der Waals surface area contributed by atoms with Crippen molar-refractivity contribution in [3.8, 4) is 5.75 Å². The van der Waals surface area contributed by atoms with Crippen LogP contribution in [0.2, 0.25) is 0 Å². The first-order valence-corrected chi connectivity index (χ1v) is 10.6. The fourth-order valence-electron chi connectivity index (χ4n) is 4.46. The summed E-state index contributed by atoms with van der Waals surface area (Å²) in [7, 11) is 0. The third-order valence-electron chi connectivity index (χ3n) is 6.01. The molecule has 0 saturated carbocycles. The largest absolute Gasteiger partial charge is 0.494 e. The molecule has 2 amide bonds. The van der Waals surface area contributed by atoms with Crippen LogP contribution >= 0.6 is 0 Å². The topological polar surface area (TPSA) is 68.3 Å². The van der Waals surface area contributed by atoms with E-state index in [-0.39, 0.29) is 23.3 Å². The fraction of sp³-hybridized carbons (Fsp3) is 0.636. The number of likely N-dealkylation sites (tertiary alicyclic amines) is 1. The predicted octanol–water partition coefficient (Wildman–Crippen LogP) is 1.49. The Hall–Kier alpha value is -2.12. The van der Waals surface area contributed by atoms with Crippen molar-refractivity contribution in [1.29, 1.82) is 0 Å². The lowest BCUT2D eigenvalue weighted by Crippen LogP contribution is -2.63. The van der Waals surface area contributed by atoms with Gasteiger partial charge in [-0.3, -0.25) is 9.59 Å². The van der Waals surface area contributed by atoms with Gasteiger partial charge in [0.05, 0.1) is 45.9 Å². The Morgan fingerprint density at radius 2 is 1.83 bits per heavy atom. The van der Waals surface area contributed by atoms with Gasteiger partial charge in [-0.25, -0.2) is 0 Å². The van der Waals surface area contributed by atoms with E-state index in [2.05, 4.69) is 0 Å². The number of hydrogen-bond acceptors (Lipinski definition) is 5. The van der Waals surface area contributed by atoms with Crippen molar-refractivity contribution in [3.05, 3.63) is 29.8 Å². The van der Waals surface area contributed by atoms with Gasteiger partial charge in [0.1, 0.15) is 11.4 Å². The Morgan fingerprint density at radius 3 is 2.52 bits per heavy atom. The van der Waals surface area contributed by atoms with Gasteiger partial charge < -0.3 is 24.0 Å². The highest BCUT2D eigenvalue weighted by atomic mass is 16.5. The average molecular weight is 402 g/mol. The monoisotopic (exact) mass is 402 g/mol. The summed E-state index contributed by atoms with van der Waals surface area (Å²) in [6, 6.07) is 7.69. The van der Waals surface area contributed by atoms with Crippen LogP contribution < -0.4 is 4.74 Å². The predicted molar refractivity (Wildman–Crippen MR) is 107 cm³/mol. The molecule has 3 aliphatic heterocycles. The molecule has 158 valence electrons. The highest BCUT2D eigenvalue weighted by Gasteiger charge is 2.51. The van der Waals surface area contributed by atoms with E-state index in [1.165, 1.54) is 0 Å². The third-order valence-corrected chi connectivity index (χ3v) is 6.01. The quantitative estimate of drug-likeness (QED) is 0.721. The van der Waals surface area contributed by atoms with Gasteiger partial charge >= 0.3 is 0 Å². The van der Waals surface area contributed by atoms with Crippen molar-refractivity contribution >= 4 is 11.8 Å². The second-order valence-electron chi connectivity index (χ2n) is 8.26. The van der Waals surface area contributed by atoms with Crippen LogP contribution in [-0.4, -0.2) is 79.8 Å². The molecule has 1 aromatic rings. The van der Waals surface area contributed by atoms with Crippen LogP contribution in [0, 0.1) is 5.92 Å². The molecule has 7 heteroatoms. The molecule has 3 saturated heterocycles. The lowest BCUT2D eigenvalue weighted by Gasteiger charge is -2.47. The summed E-state index contributed by atoms with van der Waals surface area (Å²) in [6.45, 7) is 7.08. The van der Waals surface area contributed by atoms with E-state index in [1.54, 1.807) is 0 Å². The van der Waals surface area contributed by atoms with Crippen LogP contribution in [0.5, 0.6) is 5.75 Å². The summed E-state index contributed by atoms with van der Waals surface area (Å²) in [4.78, 5) is 28.8. The molecule has 3 aliphatic rings. The zero-order valence-electron chi connectivity index (χ0n) is 17.1. The van der Waals surface area contributed by atoms with E-state index < -0.39 is 0 Å². The van der Waals surface area contributed by atoms with Gasteiger partial charge in [0.25, 0.3) is 0 Å². The van der Waals surface area contributed by atoms with Gasteiger partial charge in [-0.2, -0.15) is 0 Å². The first-order valence-electron chi connectivity index (χ1n) is 10.6. The minimum absolute atomic E-state index is 0.122. The van der Waals surface area contributed by atoms with Crippen LogP contribution in [0.3, 0.4) is 0 Å². The van der Waals surface area contributed by atoms with Crippen LogP contribution in [0.15, 0.2) is 24.3 Å². The Labute approximate surface area is 171 Å². The lowest BCUT2D eigenvalue weighted by atomic mass is 9.85. The summed E-state index contributed by atoms with van der Waals surface area (Å²) >= 11 is 0. The van der Waals surface area contributed by atoms with Crippen molar-refractivity contribution in [1.82, 2.24) is 9.80 Å². The van der Waals surface area contributed by atoms with Gasteiger partial charge in [0.2, 0.25) is 11.8 Å². The molecular formula is C22H30N2O5. The molecule has 7 nitrogen and oxygen atoms in total. The Morgan fingerprint density at radius 1 is 1.10 bits per heavy atom. The molecule has 0 aromatic heterocycles. The first-order chi connectivity index (χ1) is 14.1. The molecule has 0 unspecified atom stereocenters. The maximum atomic E-state index is 12.6. The molecule has 3 heterocycles. The number of hydrogen-bond donors (Lipinski definition) is 0. The van der Waals surface area contributed by atoms with Crippen LogP contribution in [0.25, 0.3) is 0 Å². The van der Waals surface area contributed by atoms with E-state index in [1.807, 2.05) is 41.0 Å². The molecule has 0 N–H and O–H groups in total. The zero-order valence-corrected chi connectivity index (χ0v) is 17.1. The number of benzene rings is 1. The number of carbonyl (C=O) groups is 2. The molecular weight excluding hydrogens is 372 g/mol. The maximum Gasteiger partial charge on any atom is 0.227 e. The molecule has 0 aliphatic carbocycles. The number of amides is 2. The minimum Gasteiger partial charge on any atom is -0.494 e. The van der Waals surface area contributed by atoms with Gasteiger partial charge in [0, 0.05) is 19.5 Å². The highest BCUT2D eigenvalue weighted by Crippen LogP contribution is 2.39. The summed E-state index contributed by atoms with van der Waals surface area (Å²) < 4.78 is 16.8. The summed E-state index contributed by atoms with van der Waals surface area (Å²) in [5.41, 5.74) is 0.741. The standard InChI is InChI=1S/C22H30N2O5/c1-2-28-19-5-3-17(4-6-19)11-21(26)24-15-22(16-24)13-18(14-29-22)12-20(25)23-7-9-27-10-8-23/h3-6,18H,2,7-16H2,1H3/t18-/m0/s1. The Balaban J connectivity index is 1.21. The van der Waals surface area contributed by atoms with Crippen LogP contribution in [0.4, 0.5) is 0 Å². The maximum absolute atomic E-state index is 12.6. The molecule has 3 fully saturated rings. The Bertz CT molecular complexity index is 723. The lowest BCUT2D eigenvalue weighted by molar-refractivity contribution is -0.157. The van der Waals surface area contributed by atoms with Gasteiger partial charge in [-0.1, -0.05) is 12.1 Å². The zero-order chi connectivity index (χ0) is 20.3. The number of ether oxygens (including phenoxy) is 3. The first kappa shape index (κ1) is 20.2. The van der Waals surface area contributed by atoms with Gasteiger partial charge in [-0.15, -0.1) is 0 Å². The molecule has 0 radical (unpaired) electrons. The van der Waals surface area contributed by atoms with E-state index in [0.717, 1.165) is 17.7 Å². The summed E-state index contributed by atoms with van der Waals surface area (Å²) in [5.74, 6) is 1.38. The van der Waals surface area contributed by atoms with E-state index in [9.17, 15) is 9.59 Å². The van der Waals surface area contributed by atoms with E-state index >= 15 is 0 Å². The number of nitrogens with zero attached hydrogens (tertiary/aromatic N) is 2. The van der Waals surface area contributed by atoms with Crippen molar-refractivity contribution in [2.75, 3.05) is 52.6 Å². The second kappa shape index (κ2) is 8.71. The van der Waals surface area contributed by atoms with Crippen molar-refractivity contribution in [2.24, 2.45) is 5.92 Å². The van der Waals surface area contributed by atoms with Crippen molar-refractivity contribution in [3.63, 3.8) is 0 Å². The van der Waals surface area contributed by atoms with E-state index in [0.29, 0.717) is 65.4 Å². The fourth-order valence-corrected chi connectivity index (χ4v) is 4.46. The highest BCUT2D eigenvalue weighted by molar-refractivity contribution is 5.80. The minimum atomic E-state index is -0.246. The van der Waals surface area contributed by atoms with Gasteiger partial charge in [-0.05, 0) is 37.0 Å². The number of carbonyl (C=O) groups excluding carboxylic acids is 2. The normalized spacial score (nSPS) is 23.1.